The predicted molar refractivity (Wildman–Crippen MR) is 76.5 cm³/mol. The van der Waals surface area contributed by atoms with Crippen molar-refractivity contribution in [2.45, 2.75) is 40.3 Å². The highest BCUT2D eigenvalue weighted by Gasteiger charge is 2.64. The van der Waals surface area contributed by atoms with Crippen molar-refractivity contribution in [3.8, 4) is 0 Å². The lowest BCUT2D eigenvalue weighted by Crippen LogP contribution is -2.21. The number of H-pyrrole nitrogens is 1. The highest BCUT2D eigenvalue weighted by molar-refractivity contribution is 5.79. The molecule has 1 aliphatic rings. The minimum Gasteiger partial charge on any atom is -0.361 e. The molecular formula is C16H22N2. The summed E-state index contributed by atoms with van der Waals surface area (Å²) in [5.41, 5.74) is 3.39. The molecule has 1 heterocycles. The molecule has 0 unspecified atom stereocenters. The number of hydrogen-bond donors (Lipinski definition) is 2. The van der Waals surface area contributed by atoms with Gasteiger partial charge in [-0.2, -0.15) is 0 Å². The Bertz CT molecular complexity index is 564. The molecule has 2 aromatic rings. The first-order chi connectivity index (χ1) is 8.43. The monoisotopic (exact) mass is 242 g/mol. The molecule has 96 valence electrons. The van der Waals surface area contributed by atoms with Crippen LogP contribution in [0.5, 0.6) is 0 Å². The minimum absolute atomic E-state index is 0.406. The number of aromatic amines is 1. The number of nitrogens with one attached hydrogen (secondary N) is 2. The zero-order chi connectivity index (χ0) is 13.0. The molecule has 1 fully saturated rings. The topological polar surface area (TPSA) is 27.8 Å². The summed E-state index contributed by atoms with van der Waals surface area (Å²) in [6, 6.07) is 9.37. The van der Waals surface area contributed by atoms with E-state index in [9.17, 15) is 0 Å². The average Bonchev–Trinajstić information content (AvgIpc) is 2.70. The Morgan fingerprint density at radius 3 is 2.50 bits per heavy atom. The molecule has 0 aliphatic heterocycles. The Kier molecular flexibility index (Phi) is 2.36. The van der Waals surface area contributed by atoms with Crippen molar-refractivity contribution in [1.82, 2.24) is 10.3 Å². The Labute approximate surface area is 109 Å². The molecule has 1 saturated carbocycles. The van der Waals surface area contributed by atoms with E-state index >= 15 is 0 Å². The summed E-state index contributed by atoms with van der Waals surface area (Å²) in [5, 5.41) is 4.98. The third kappa shape index (κ3) is 1.59. The van der Waals surface area contributed by atoms with E-state index < -0.39 is 0 Å². The van der Waals surface area contributed by atoms with Crippen LogP contribution in [0.4, 0.5) is 0 Å². The Balaban J connectivity index is 1.71. The summed E-state index contributed by atoms with van der Waals surface area (Å²) in [6.45, 7) is 10.3. The van der Waals surface area contributed by atoms with Crippen molar-refractivity contribution in [2.24, 2.45) is 10.8 Å². The van der Waals surface area contributed by atoms with Crippen LogP contribution in [-0.4, -0.2) is 11.0 Å². The van der Waals surface area contributed by atoms with Crippen LogP contribution in [0.25, 0.3) is 10.9 Å². The van der Waals surface area contributed by atoms with E-state index in [1.165, 1.54) is 16.5 Å². The summed E-state index contributed by atoms with van der Waals surface area (Å²) in [6.07, 6.45) is 2.00. The minimum atomic E-state index is 0.406. The molecule has 0 spiro atoms. The van der Waals surface area contributed by atoms with Crippen LogP contribution in [-0.2, 0) is 6.54 Å². The molecule has 2 N–H and O–H groups in total. The fourth-order valence-electron chi connectivity index (χ4n) is 3.13. The average molecular weight is 242 g/mol. The Morgan fingerprint density at radius 2 is 1.83 bits per heavy atom. The van der Waals surface area contributed by atoms with Crippen molar-refractivity contribution in [3.63, 3.8) is 0 Å². The highest BCUT2D eigenvalue weighted by atomic mass is 15.0. The lowest BCUT2D eigenvalue weighted by Gasteiger charge is -2.06. The smallest absolute Gasteiger partial charge is 0.0457 e. The van der Waals surface area contributed by atoms with Gasteiger partial charge in [0.05, 0.1) is 0 Å². The highest BCUT2D eigenvalue weighted by Crippen LogP contribution is 2.62. The fourth-order valence-corrected chi connectivity index (χ4v) is 3.13. The van der Waals surface area contributed by atoms with Crippen molar-refractivity contribution in [2.75, 3.05) is 0 Å². The van der Waals surface area contributed by atoms with Gasteiger partial charge in [0.1, 0.15) is 0 Å². The van der Waals surface area contributed by atoms with Crippen LogP contribution < -0.4 is 5.32 Å². The molecule has 0 atom stereocenters. The van der Waals surface area contributed by atoms with Crippen molar-refractivity contribution in [3.05, 3.63) is 36.0 Å². The van der Waals surface area contributed by atoms with Crippen LogP contribution >= 0.6 is 0 Å². The van der Waals surface area contributed by atoms with E-state index in [2.05, 4.69) is 62.3 Å². The summed E-state index contributed by atoms with van der Waals surface area (Å²) in [5.74, 6) is 0. The first-order valence-electron chi connectivity index (χ1n) is 6.72. The number of benzene rings is 1. The van der Waals surface area contributed by atoms with Gasteiger partial charge >= 0.3 is 0 Å². The van der Waals surface area contributed by atoms with Gasteiger partial charge in [-0.25, -0.2) is 0 Å². The number of rotatable bonds is 3. The third-order valence-electron chi connectivity index (χ3n) is 5.15. The Hall–Kier alpha value is -1.28. The molecule has 1 aromatic carbocycles. The molecule has 0 bridgehead atoms. The maximum Gasteiger partial charge on any atom is 0.0457 e. The van der Waals surface area contributed by atoms with E-state index in [1.807, 2.05) is 6.20 Å². The zero-order valence-corrected chi connectivity index (χ0v) is 11.7. The normalized spacial score (nSPS) is 21.3. The van der Waals surface area contributed by atoms with Gasteiger partial charge in [0.15, 0.2) is 0 Å². The Morgan fingerprint density at radius 1 is 1.11 bits per heavy atom. The second-order valence-electron chi connectivity index (χ2n) is 6.66. The van der Waals surface area contributed by atoms with Gasteiger partial charge in [-0.05, 0) is 33.9 Å². The molecular weight excluding hydrogens is 220 g/mol. The van der Waals surface area contributed by atoms with E-state index in [4.69, 9.17) is 0 Å². The molecule has 1 aliphatic carbocycles. The van der Waals surface area contributed by atoms with Gasteiger partial charge in [-0.3, -0.25) is 0 Å². The van der Waals surface area contributed by atoms with Crippen LogP contribution in [0.3, 0.4) is 0 Å². The van der Waals surface area contributed by atoms with Crippen LogP contribution in [0.2, 0.25) is 0 Å². The maximum atomic E-state index is 3.70. The molecule has 3 rings (SSSR count). The molecule has 0 saturated heterocycles. The zero-order valence-electron chi connectivity index (χ0n) is 11.7. The fraction of sp³-hybridized carbons (Fsp3) is 0.500. The van der Waals surface area contributed by atoms with Crippen LogP contribution in [0.1, 0.15) is 33.3 Å². The molecule has 0 radical (unpaired) electrons. The molecule has 2 heteroatoms. The van der Waals surface area contributed by atoms with E-state index in [0.29, 0.717) is 16.9 Å². The van der Waals surface area contributed by atoms with Gasteiger partial charge in [0.25, 0.3) is 0 Å². The first-order valence-corrected chi connectivity index (χ1v) is 6.72. The summed E-state index contributed by atoms with van der Waals surface area (Å²) in [4.78, 5) is 3.27. The number of aromatic nitrogens is 1. The van der Waals surface area contributed by atoms with Crippen LogP contribution in [0, 0.1) is 10.8 Å². The third-order valence-corrected chi connectivity index (χ3v) is 5.15. The van der Waals surface area contributed by atoms with Gasteiger partial charge in [-0.15, -0.1) is 0 Å². The molecule has 2 nitrogen and oxygen atoms in total. The molecule has 1 aromatic heterocycles. The predicted octanol–water partition coefficient (Wildman–Crippen LogP) is 3.69. The summed E-state index contributed by atoms with van der Waals surface area (Å²) >= 11 is 0. The summed E-state index contributed by atoms with van der Waals surface area (Å²) < 4.78 is 0. The second kappa shape index (κ2) is 3.61. The van der Waals surface area contributed by atoms with Gasteiger partial charge < -0.3 is 10.3 Å². The lowest BCUT2D eigenvalue weighted by molar-refractivity contribution is 0.457. The number of fused-ring (bicyclic) bond motifs is 1. The summed E-state index contributed by atoms with van der Waals surface area (Å²) in [7, 11) is 0. The SMILES string of the molecule is CC1(C)C(NCc2ccc3cc[nH]c3c2)C1(C)C. The van der Waals surface area contributed by atoms with Crippen molar-refractivity contribution in [1.29, 1.82) is 0 Å². The van der Waals surface area contributed by atoms with Crippen molar-refractivity contribution < 1.29 is 0 Å². The van der Waals surface area contributed by atoms with Crippen molar-refractivity contribution >= 4 is 10.9 Å². The van der Waals surface area contributed by atoms with Gasteiger partial charge in [-0.1, -0.05) is 39.8 Å². The van der Waals surface area contributed by atoms with E-state index in [0.717, 1.165) is 6.54 Å². The quantitative estimate of drug-likeness (QED) is 0.844. The van der Waals surface area contributed by atoms with Gasteiger partial charge in [0, 0.05) is 24.3 Å². The van der Waals surface area contributed by atoms with E-state index in [-0.39, 0.29) is 0 Å². The second-order valence-corrected chi connectivity index (χ2v) is 6.66. The van der Waals surface area contributed by atoms with E-state index in [1.54, 1.807) is 0 Å². The number of hydrogen-bond acceptors (Lipinski definition) is 1. The molecule has 18 heavy (non-hydrogen) atoms. The largest absolute Gasteiger partial charge is 0.361 e. The van der Waals surface area contributed by atoms with Crippen LogP contribution in [0.15, 0.2) is 30.5 Å². The first kappa shape index (κ1) is 11.8. The van der Waals surface area contributed by atoms with Gasteiger partial charge in [0.2, 0.25) is 0 Å². The molecule has 0 amide bonds. The standard InChI is InChI=1S/C16H22N2/c1-15(2)14(16(15,3)4)18-10-11-5-6-12-7-8-17-13(12)9-11/h5-9,14,17-18H,10H2,1-4H3. The maximum absolute atomic E-state index is 3.70. The lowest BCUT2D eigenvalue weighted by atomic mass is 10.0.